The summed E-state index contributed by atoms with van der Waals surface area (Å²) in [5.41, 5.74) is 5.76. The van der Waals surface area contributed by atoms with Crippen molar-refractivity contribution in [2.75, 3.05) is 5.73 Å². The van der Waals surface area contributed by atoms with Gasteiger partial charge in [0, 0.05) is 11.8 Å². The summed E-state index contributed by atoms with van der Waals surface area (Å²) in [7, 11) is 0. The molecule has 0 bridgehead atoms. The number of hydrogen-bond donors (Lipinski definition) is 1. The first-order valence-corrected chi connectivity index (χ1v) is 3.26. The molecule has 0 spiro atoms. The Kier molecular flexibility index (Phi) is 2.10. The zero-order valence-corrected chi connectivity index (χ0v) is 6.40. The minimum atomic E-state index is -0.691. The van der Waals surface area contributed by atoms with Crippen LogP contribution in [-0.2, 0) is 0 Å². The number of aromatic nitrogens is 1. The Balaban J connectivity index is 3.36. The van der Waals surface area contributed by atoms with E-state index in [9.17, 15) is 4.39 Å². The molecule has 2 nitrogen and oxygen atoms in total. The van der Waals surface area contributed by atoms with E-state index in [1.807, 2.05) is 0 Å². The largest absolute Gasteiger partial charge is 0.396 e. The van der Waals surface area contributed by atoms with Gasteiger partial charge in [-0.2, -0.15) is 0 Å². The summed E-state index contributed by atoms with van der Waals surface area (Å²) in [4.78, 5) is 3.55. The molecule has 1 heterocycles. The molecule has 0 saturated carbocycles. The molecule has 0 aromatic carbocycles. The summed E-state index contributed by atoms with van der Waals surface area (Å²) in [5, 5.41) is -0.215. The van der Waals surface area contributed by atoms with Crippen molar-refractivity contribution < 1.29 is 4.39 Å². The first-order chi connectivity index (χ1) is 5.16. The topological polar surface area (TPSA) is 38.9 Å². The average Bonchev–Trinajstić information content (AvgIpc) is 2.01. The first kappa shape index (κ1) is 8.01. The molecule has 1 rings (SSSR count). The van der Waals surface area contributed by atoms with Crippen LogP contribution < -0.4 is 5.73 Å². The molecule has 58 valence electrons. The Labute approximate surface area is 68.5 Å². The average molecular weight is 173 g/mol. The normalized spacial score (nSPS) is 9.64. The second-order valence-corrected chi connectivity index (χ2v) is 2.29. The number of nitrogens with two attached hydrogens (primary N) is 1. The van der Waals surface area contributed by atoms with Crippen molar-refractivity contribution >= 4 is 23.4 Å². The number of anilines is 1. The lowest BCUT2D eigenvalue weighted by molar-refractivity contribution is 0.626. The maximum Gasteiger partial charge on any atom is 0.183 e. The fourth-order valence-corrected chi connectivity index (χ4v) is 0.804. The van der Waals surface area contributed by atoms with E-state index in [0.29, 0.717) is 5.56 Å². The van der Waals surface area contributed by atoms with Gasteiger partial charge in [-0.3, -0.25) is 0 Å². The third-order valence-corrected chi connectivity index (χ3v) is 1.53. The van der Waals surface area contributed by atoms with Gasteiger partial charge in [-0.05, 0) is 0 Å². The number of halogens is 2. The Hall–Kier alpha value is -1.09. The van der Waals surface area contributed by atoms with E-state index in [-0.39, 0.29) is 10.8 Å². The van der Waals surface area contributed by atoms with Crippen LogP contribution in [0.25, 0.3) is 6.08 Å². The maximum atomic E-state index is 12.8. The van der Waals surface area contributed by atoms with Crippen LogP contribution >= 0.6 is 11.6 Å². The van der Waals surface area contributed by atoms with Crippen LogP contribution in [0, 0.1) is 5.82 Å². The number of rotatable bonds is 1. The molecule has 0 radical (unpaired) electrons. The lowest BCUT2D eigenvalue weighted by Gasteiger charge is -2.00. The fraction of sp³-hybridized carbons (Fsp3) is 0. The molecule has 0 aliphatic rings. The second kappa shape index (κ2) is 2.88. The van der Waals surface area contributed by atoms with Gasteiger partial charge in [-0.15, -0.1) is 0 Å². The van der Waals surface area contributed by atoms with Crippen molar-refractivity contribution in [3.63, 3.8) is 0 Å². The van der Waals surface area contributed by atoms with Crippen molar-refractivity contribution in [3.8, 4) is 0 Å². The fourth-order valence-electron chi connectivity index (χ4n) is 0.653. The molecule has 0 amide bonds. The van der Waals surface area contributed by atoms with Gasteiger partial charge >= 0.3 is 0 Å². The lowest BCUT2D eigenvalue weighted by atomic mass is 10.2. The van der Waals surface area contributed by atoms with Gasteiger partial charge in [0.1, 0.15) is 0 Å². The second-order valence-electron chi connectivity index (χ2n) is 1.94. The molecule has 4 heteroatoms. The minimum Gasteiger partial charge on any atom is -0.396 e. The lowest BCUT2D eigenvalue weighted by Crippen LogP contribution is -1.96. The Morgan fingerprint density at radius 3 is 2.91 bits per heavy atom. The van der Waals surface area contributed by atoms with Crippen molar-refractivity contribution in [1.82, 2.24) is 4.98 Å². The van der Waals surface area contributed by atoms with Crippen LogP contribution in [-0.4, -0.2) is 4.98 Å². The molecular formula is C7H6ClFN2. The SMILES string of the molecule is C=Cc1cnc(Cl)c(F)c1N. The highest BCUT2D eigenvalue weighted by Crippen LogP contribution is 2.21. The summed E-state index contributed by atoms with van der Waals surface area (Å²) < 4.78 is 12.8. The predicted octanol–water partition coefficient (Wildman–Crippen LogP) is 2.10. The van der Waals surface area contributed by atoms with Gasteiger partial charge in [-0.25, -0.2) is 9.37 Å². The zero-order valence-electron chi connectivity index (χ0n) is 5.64. The van der Waals surface area contributed by atoms with E-state index >= 15 is 0 Å². The molecule has 11 heavy (non-hydrogen) atoms. The molecule has 0 aliphatic carbocycles. The van der Waals surface area contributed by atoms with Crippen molar-refractivity contribution in [2.45, 2.75) is 0 Å². The van der Waals surface area contributed by atoms with Gasteiger partial charge in [0.25, 0.3) is 0 Å². The summed E-state index contributed by atoms with van der Waals surface area (Å²) in [6, 6.07) is 0. The van der Waals surface area contributed by atoms with E-state index in [2.05, 4.69) is 11.6 Å². The third kappa shape index (κ3) is 1.33. The van der Waals surface area contributed by atoms with Crippen molar-refractivity contribution in [1.29, 1.82) is 0 Å². The molecule has 1 aromatic heterocycles. The van der Waals surface area contributed by atoms with E-state index in [1.54, 1.807) is 0 Å². The molecule has 0 unspecified atom stereocenters. The van der Waals surface area contributed by atoms with E-state index in [1.165, 1.54) is 12.3 Å². The third-order valence-electron chi connectivity index (χ3n) is 1.27. The van der Waals surface area contributed by atoms with E-state index < -0.39 is 5.82 Å². The Morgan fingerprint density at radius 1 is 1.73 bits per heavy atom. The molecule has 0 atom stereocenters. The Morgan fingerprint density at radius 2 is 2.36 bits per heavy atom. The molecular weight excluding hydrogens is 167 g/mol. The van der Waals surface area contributed by atoms with Crippen molar-refractivity contribution in [2.24, 2.45) is 0 Å². The number of nitrogens with zero attached hydrogens (tertiary/aromatic N) is 1. The number of pyridine rings is 1. The quantitative estimate of drug-likeness (QED) is 0.659. The number of nitrogen functional groups attached to an aromatic ring is 1. The summed E-state index contributed by atoms with van der Waals surface area (Å²) in [6.45, 7) is 3.43. The highest BCUT2D eigenvalue weighted by molar-refractivity contribution is 6.29. The zero-order chi connectivity index (χ0) is 8.43. The van der Waals surface area contributed by atoms with Gasteiger partial charge in [0.05, 0.1) is 5.69 Å². The summed E-state index contributed by atoms with van der Waals surface area (Å²) >= 11 is 5.34. The van der Waals surface area contributed by atoms with Gasteiger partial charge < -0.3 is 5.73 Å². The van der Waals surface area contributed by atoms with Crippen LogP contribution in [0.4, 0.5) is 10.1 Å². The van der Waals surface area contributed by atoms with Gasteiger partial charge in [-0.1, -0.05) is 24.3 Å². The molecule has 2 N–H and O–H groups in total. The maximum absolute atomic E-state index is 12.8. The van der Waals surface area contributed by atoms with Crippen LogP contribution in [0.2, 0.25) is 5.15 Å². The standard InChI is InChI=1S/C7H6ClFN2/c1-2-4-3-11-7(8)5(9)6(4)10/h2-3H,1H2,(H2,10,11). The van der Waals surface area contributed by atoms with Crippen LogP contribution in [0.5, 0.6) is 0 Å². The van der Waals surface area contributed by atoms with Gasteiger partial charge in [0.15, 0.2) is 11.0 Å². The van der Waals surface area contributed by atoms with Crippen LogP contribution in [0.1, 0.15) is 5.56 Å². The monoisotopic (exact) mass is 172 g/mol. The Bertz CT molecular complexity index is 299. The van der Waals surface area contributed by atoms with Crippen molar-refractivity contribution in [3.05, 3.63) is 29.3 Å². The number of hydrogen-bond acceptors (Lipinski definition) is 2. The van der Waals surface area contributed by atoms with Crippen LogP contribution in [0.15, 0.2) is 12.8 Å². The molecule has 0 saturated heterocycles. The van der Waals surface area contributed by atoms with Gasteiger partial charge in [0.2, 0.25) is 0 Å². The minimum absolute atomic E-state index is 0.0139. The first-order valence-electron chi connectivity index (χ1n) is 2.88. The molecule has 1 aromatic rings. The molecule has 0 fully saturated rings. The predicted molar refractivity (Wildman–Crippen MR) is 43.7 cm³/mol. The highest BCUT2D eigenvalue weighted by atomic mass is 35.5. The summed E-state index contributed by atoms with van der Waals surface area (Å²) in [6.07, 6.45) is 2.79. The molecule has 0 aliphatic heterocycles. The van der Waals surface area contributed by atoms with E-state index in [0.717, 1.165) is 0 Å². The summed E-state index contributed by atoms with van der Waals surface area (Å²) in [5.74, 6) is -0.691. The highest BCUT2D eigenvalue weighted by Gasteiger charge is 2.07. The van der Waals surface area contributed by atoms with E-state index in [4.69, 9.17) is 17.3 Å². The smallest absolute Gasteiger partial charge is 0.183 e. The van der Waals surface area contributed by atoms with Crippen LogP contribution in [0.3, 0.4) is 0 Å².